The fourth-order valence-corrected chi connectivity index (χ4v) is 6.81. The lowest BCUT2D eigenvalue weighted by Crippen LogP contribution is -2.12. The second-order valence-corrected chi connectivity index (χ2v) is 11.6. The van der Waals surface area contributed by atoms with Crippen LogP contribution >= 0.6 is 0 Å². The quantitative estimate of drug-likeness (QED) is 0.206. The van der Waals surface area contributed by atoms with E-state index in [0.29, 0.717) is 16.7 Å². The number of hydrogen-bond donors (Lipinski definition) is 0. The molecule has 0 N–H and O–H groups in total. The minimum atomic E-state index is -4.88. The van der Waals surface area contributed by atoms with Gasteiger partial charge in [-0.05, 0) is 78.8 Å². The average Bonchev–Trinajstić information content (AvgIpc) is 3.07. The molecule has 4 aromatic carbocycles. The highest BCUT2D eigenvalue weighted by Crippen LogP contribution is 2.45. The predicted octanol–water partition coefficient (Wildman–Crippen LogP) is 8.61. The molecule has 0 aromatic heterocycles. The Labute approximate surface area is 221 Å². The van der Waals surface area contributed by atoms with Gasteiger partial charge in [-0.15, -0.1) is 0 Å². The van der Waals surface area contributed by atoms with Crippen LogP contribution in [0.2, 0.25) is 0 Å². The van der Waals surface area contributed by atoms with Crippen LogP contribution in [0.4, 0.5) is 26.3 Å². The normalized spacial score (nSPS) is 14.3. The van der Waals surface area contributed by atoms with E-state index in [1.54, 1.807) is 37.3 Å². The molecule has 0 saturated heterocycles. The van der Waals surface area contributed by atoms with Crippen molar-refractivity contribution in [2.75, 3.05) is 0 Å². The highest BCUT2D eigenvalue weighted by Gasteiger charge is 2.38. The third-order valence-electron chi connectivity index (χ3n) is 6.91. The van der Waals surface area contributed by atoms with Crippen molar-refractivity contribution < 1.29 is 34.8 Å². The molecular formula is C30H22F6O2S. The van der Waals surface area contributed by atoms with Gasteiger partial charge in [0.05, 0.1) is 20.9 Å². The lowest BCUT2D eigenvalue weighted by Gasteiger charge is -2.19. The summed E-state index contributed by atoms with van der Waals surface area (Å²) in [6.45, 7) is 3.24. The van der Waals surface area contributed by atoms with Crippen LogP contribution in [0.15, 0.2) is 82.6 Å². The van der Waals surface area contributed by atoms with Gasteiger partial charge in [0.15, 0.2) is 0 Å². The van der Waals surface area contributed by atoms with Crippen LogP contribution in [0.25, 0.3) is 22.3 Å². The summed E-state index contributed by atoms with van der Waals surface area (Å²) in [5, 5.41) is 0. The molecule has 4 aromatic rings. The van der Waals surface area contributed by atoms with Crippen LogP contribution < -0.4 is 0 Å². The Morgan fingerprint density at radius 1 is 0.538 bits per heavy atom. The molecule has 0 fully saturated rings. The van der Waals surface area contributed by atoms with Crippen molar-refractivity contribution in [1.82, 2.24) is 0 Å². The van der Waals surface area contributed by atoms with E-state index in [2.05, 4.69) is 0 Å². The van der Waals surface area contributed by atoms with Gasteiger partial charge in [0.1, 0.15) is 0 Å². The predicted molar refractivity (Wildman–Crippen MR) is 136 cm³/mol. The summed E-state index contributed by atoms with van der Waals surface area (Å²) in [6, 6.07) is 16.8. The number of halogens is 6. The van der Waals surface area contributed by atoms with Gasteiger partial charge < -0.3 is 0 Å². The second-order valence-electron chi connectivity index (χ2n) is 9.76. The fourth-order valence-electron chi connectivity index (χ4n) is 4.99. The number of hydrogen-bond acceptors (Lipinski definition) is 2. The first kappa shape index (κ1) is 27.0. The molecule has 0 spiro atoms. The Balaban J connectivity index is 1.47. The summed E-state index contributed by atoms with van der Waals surface area (Å²) in [7, 11) is -3.72. The van der Waals surface area contributed by atoms with Gasteiger partial charge in [0, 0.05) is 11.1 Å². The van der Waals surface area contributed by atoms with E-state index in [0.717, 1.165) is 29.8 Å². The van der Waals surface area contributed by atoms with Crippen LogP contribution in [0.1, 0.15) is 33.4 Å². The third-order valence-corrected chi connectivity index (χ3v) is 8.75. The summed E-state index contributed by atoms with van der Waals surface area (Å²) in [6.07, 6.45) is -9.33. The van der Waals surface area contributed by atoms with Gasteiger partial charge in [0.25, 0.3) is 0 Å². The standard InChI is InChI=1S/C30H22F6O2S/c1-17-3-9-21(25(13-17)29(31,32)33)22-11-7-19(15-26(22)30(34,35)36)5-6-20-8-12-24-23-10-4-18(2)14-27(23)39(37,38)28(24)16-20/h3-4,7-16H,5-6H2,1-2H3. The number of rotatable bonds is 4. The Hall–Kier alpha value is -3.59. The van der Waals surface area contributed by atoms with E-state index in [-0.39, 0.29) is 33.8 Å². The molecule has 2 nitrogen and oxygen atoms in total. The molecular weight excluding hydrogens is 538 g/mol. The van der Waals surface area contributed by atoms with Gasteiger partial charge in [-0.3, -0.25) is 0 Å². The molecule has 1 aliphatic heterocycles. The van der Waals surface area contributed by atoms with Crippen LogP contribution in [0.5, 0.6) is 0 Å². The van der Waals surface area contributed by atoms with Crippen molar-refractivity contribution in [2.24, 2.45) is 0 Å². The summed E-state index contributed by atoms with van der Waals surface area (Å²) in [5.74, 6) is 0. The molecule has 0 radical (unpaired) electrons. The molecule has 5 rings (SSSR count). The van der Waals surface area contributed by atoms with Crippen molar-refractivity contribution in [3.63, 3.8) is 0 Å². The summed E-state index contributed by atoms with van der Waals surface area (Å²) >= 11 is 0. The number of sulfone groups is 1. The van der Waals surface area contributed by atoms with E-state index in [1.807, 2.05) is 6.07 Å². The van der Waals surface area contributed by atoms with Crippen molar-refractivity contribution >= 4 is 9.84 Å². The van der Waals surface area contributed by atoms with Gasteiger partial charge in [-0.25, -0.2) is 8.42 Å². The molecule has 1 heterocycles. The van der Waals surface area contributed by atoms with E-state index in [4.69, 9.17) is 0 Å². The van der Waals surface area contributed by atoms with Gasteiger partial charge in [-0.2, -0.15) is 26.3 Å². The maximum absolute atomic E-state index is 14.0. The van der Waals surface area contributed by atoms with E-state index < -0.39 is 44.4 Å². The van der Waals surface area contributed by atoms with E-state index in [9.17, 15) is 34.8 Å². The van der Waals surface area contributed by atoms with Crippen molar-refractivity contribution in [1.29, 1.82) is 0 Å². The number of benzene rings is 4. The van der Waals surface area contributed by atoms with Crippen LogP contribution in [-0.4, -0.2) is 8.42 Å². The lowest BCUT2D eigenvalue weighted by atomic mass is 9.91. The Bertz CT molecular complexity index is 1720. The number of aryl methyl sites for hydroxylation is 4. The molecule has 0 unspecified atom stereocenters. The molecule has 39 heavy (non-hydrogen) atoms. The lowest BCUT2D eigenvalue weighted by molar-refractivity contribution is -0.139. The largest absolute Gasteiger partial charge is 0.417 e. The average molecular weight is 561 g/mol. The Morgan fingerprint density at radius 2 is 0.949 bits per heavy atom. The van der Waals surface area contributed by atoms with Gasteiger partial charge in [-0.1, -0.05) is 54.1 Å². The Morgan fingerprint density at radius 3 is 1.51 bits per heavy atom. The molecule has 0 bridgehead atoms. The summed E-state index contributed by atoms with van der Waals surface area (Å²) in [5.41, 5.74) is -0.189. The minimum absolute atomic E-state index is 0.133. The third kappa shape index (κ3) is 4.95. The first-order valence-corrected chi connectivity index (χ1v) is 13.5. The zero-order valence-corrected chi connectivity index (χ0v) is 21.7. The smallest absolute Gasteiger partial charge is 0.218 e. The number of fused-ring (bicyclic) bond motifs is 3. The molecule has 0 saturated carbocycles. The van der Waals surface area contributed by atoms with Crippen molar-refractivity contribution in [3.8, 4) is 22.3 Å². The Kier molecular flexibility index (Phi) is 6.41. The highest BCUT2D eigenvalue weighted by atomic mass is 32.2. The summed E-state index contributed by atoms with van der Waals surface area (Å²) < 4.78 is 109. The van der Waals surface area contributed by atoms with Crippen molar-refractivity contribution in [3.05, 3.63) is 106 Å². The van der Waals surface area contributed by atoms with Crippen LogP contribution in [0.3, 0.4) is 0 Å². The summed E-state index contributed by atoms with van der Waals surface area (Å²) in [4.78, 5) is 0.389. The first-order valence-electron chi connectivity index (χ1n) is 12.0. The molecule has 1 aliphatic rings. The monoisotopic (exact) mass is 560 g/mol. The molecule has 9 heteroatoms. The van der Waals surface area contributed by atoms with E-state index in [1.165, 1.54) is 19.1 Å². The molecule has 202 valence electrons. The fraction of sp³-hybridized carbons (Fsp3) is 0.200. The zero-order valence-electron chi connectivity index (χ0n) is 20.8. The second kappa shape index (κ2) is 9.26. The van der Waals surface area contributed by atoms with Crippen molar-refractivity contribution in [2.45, 2.75) is 48.8 Å². The van der Waals surface area contributed by atoms with E-state index >= 15 is 0 Å². The molecule has 0 aliphatic carbocycles. The SMILES string of the molecule is Cc1ccc(-c2ccc(CCc3ccc4c(c3)S(=O)(=O)c3cc(C)ccc3-4)cc2C(F)(F)F)c(C(F)(F)F)c1. The topological polar surface area (TPSA) is 34.1 Å². The highest BCUT2D eigenvalue weighted by molar-refractivity contribution is 7.92. The maximum Gasteiger partial charge on any atom is 0.417 e. The molecule has 0 atom stereocenters. The van der Waals surface area contributed by atoms with Gasteiger partial charge in [0.2, 0.25) is 9.84 Å². The minimum Gasteiger partial charge on any atom is -0.218 e. The first-order chi connectivity index (χ1) is 18.2. The molecule has 0 amide bonds. The van der Waals surface area contributed by atoms with Crippen LogP contribution in [0, 0.1) is 13.8 Å². The van der Waals surface area contributed by atoms with Gasteiger partial charge >= 0.3 is 12.4 Å². The number of alkyl halides is 6. The zero-order chi connectivity index (χ0) is 28.3. The van der Waals surface area contributed by atoms with Crippen LogP contribution in [-0.2, 0) is 35.0 Å². The maximum atomic E-state index is 14.0.